The zero-order valence-electron chi connectivity index (χ0n) is 13.0. The number of carbonyl (C=O) groups is 1. The van der Waals surface area contributed by atoms with Gasteiger partial charge in [0.25, 0.3) is 5.91 Å². The summed E-state index contributed by atoms with van der Waals surface area (Å²) in [6, 6.07) is 4.72. The Bertz CT molecular complexity index is 694. The third-order valence-corrected chi connectivity index (χ3v) is 3.30. The van der Waals surface area contributed by atoms with Crippen LogP contribution in [-0.2, 0) is 0 Å². The number of carbonyl (C=O) groups excluding carboxylic acids is 1. The Labute approximate surface area is 133 Å². The van der Waals surface area contributed by atoms with Gasteiger partial charge in [-0.05, 0) is 18.6 Å². The van der Waals surface area contributed by atoms with Crippen LogP contribution in [0.1, 0.15) is 30.3 Å². The van der Waals surface area contributed by atoms with Crippen LogP contribution in [0.2, 0.25) is 0 Å². The molecular weight excluding hydrogens is 302 g/mol. The SMILES string of the molecule is CCCCN(C)c1cc(C(=O)Nc2ccc(F)c(F)c2)ncn1. The Hall–Kier alpha value is -2.57. The highest BCUT2D eigenvalue weighted by atomic mass is 19.2. The molecule has 0 aliphatic carbocycles. The average molecular weight is 320 g/mol. The van der Waals surface area contributed by atoms with Gasteiger partial charge in [0, 0.05) is 31.4 Å². The summed E-state index contributed by atoms with van der Waals surface area (Å²) in [6.07, 6.45) is 3.37. The summed E-state index contributed by atoms with van der Waals surface area (Å²) in [5.41, 5.74) is 0.316. The van der Waals surface area contributed by atoms with Crippen molar-refractivity contribution >= 4 is 17.4 Å². The van der Waals surface area contributed by atoms with Crippen molar-refractivity contribution in [1.29, 1.82) is 0 Å². The Morgan fingerprint density at radius 1 is 1.22 bits per heavy atom. The van der Waals surface area contributed by atoms with Crippen LogP contribution in [0.15, 0.2) is 30.6 Å². The molecule has 1 heterocycles. The Morgan fingerprint density at radius 3 is 2.70 bits per heavy atom. The van der Waals surface area contributed by atoms with Gasteiger partial charge in [0.2, 0.25) is 0 Å². The molecule has 0 spiro atoms. The normalized spacial score (nSPS) is 10.4. The molecule has 7 heteroatoms. The topological polar surface area (TPSA) is 58.1 Å². The number of halogens is 2. The molecule has 2 aromatic rings. The van der Waals surface area contributed by atoms with Crippen LogP contribution in [0, 0.1) is 11.6 Å². The number of nitrogens with one attached hydrogen (secondary N) is 1. The summed E-state index contributed by atoms with van der Waals surface area (Å²) in [4.78, 5) is 22.1. The molecule has 0 saturated heterocycles. The standard InChI is InChI=1S/C16H18F2N4O/c1-3-4-7-22(2)15-9-14(19-10-20-15)16(23)21-11-5-6-12(17)13(18)8-11/h5-6,8-10H,3-4,7H2,1-2H3,(H,21,23). The van der Waals surface area contributed by atoms with Gasteiger partial charge in [-0.1, -0.05) is 13.3 Å². The predicted molar refractivity (Wildman–Crippen MR) is 84.5 cm³/mol. The van der Waals surface area contributed by atoms with E-state index in [0.29, 0.717) is 5.82 Å². The van der Waals surface area contributed by atoms with E-state index in [-0.39, 0.29) is 11.4 Å². The Balaban J connectivity index is 2.11. The summed E-state index contributed by atoms with van der Waals surface area (Å²) >= 11 is 0. The highest BCUT2D eigenvalue weighted by Gasteiger charge is 2.12. The number of amides is 1. The van der Waals surface area contributed by atoms with E-state index in [1.165, 1.54) is 12.4 Å². The summed E-state index contributed by atoms with van der Waals surface area (Å²) in [6.45, 7) is 2.91. The first-order valence-electron chi connectivity index (χ1n) is 7.31. The number of hydrogen-bond donors (Lipinski definition) is 1. The maximum atomic E-state index is 13.2. The minimum Gasteiger partial charge on any atom is -0.360 e. The van der Waals surface area contributed by atoms with Gasteiger partial charge in [0.05, 0.1) is 0 Å². The van der Waals surface area contributed by atoms with E-state index >= 15 is 0 Å². The lowest BCUT2D eigenvalue weighted by Crippen LogP contribution is -2.21. The molecule has 1 amide bonds. The summed E-state index contributed by atoms with van der Waals surface area (Å²) in [5.74, 6) is -1.87. The van der Waals surface area contributed by atoms with Crippen LogP contribution in [0.3, 0.4) is 0 Å². The zero-order valence-corrected chi connectivity index (χ0v) is 13.0. The molecule has 0 atom stereocenters. The van der Waals surface area contributed by atoms with E-state index in [2.05, 4.69) is 22.2 Å². The number of anilines is 2. The van der Waals surface area contributed by atoms with Crippen LogP contribution in [0.4, 0.5) is 20.3 Å². The lowest BCUT2D eigenvalue weighted by molar-refractivity contribution is 0.102. The Kier molecular flexibility index (Phi) is 5.56. The molecule has 5 nitrogen and oxygen atoms in total. The van der Waals surface area contributed by atoms with Gasteiger partial charge in [-0.2, -0.15) is 0 Å². The van der Waals surface area contributed by atoms with Gasteiger partial charge in [-0.25, -0.2) is 18.7 Å². The smallest absolute Gasteiger partial charge is 0.274 e. The molecule has 1 N–H and O–H groups in total. The van der Waals surface area contributed by atoms with Gasteiger partial charge < -0.3 is 10.2 Å². The van der Waals surface area contributed by atoms with Gasteiger partial charge >= 0.3 is 0 Å². The molecule has 0 radical (unpaired) electrons. The Morgan fingerprint density at radius 2 is 2.00 bits per heavy atom. The third kappa shape index (κ3) is 4.45. The monoisotopic (exact) mass is 320 g/mol. The molecule has 0 aliphatic rings. The van der Waals surface area contributed by atoms with Crippen molar-refractivity contribution in [2.45, 2.75) is 19.8 Å². The molecule has 0 saturated carbocycles. The number of aromatic nitrogens is 2. The van der Waals surface area contributed by atoms with Crippen molar-refractivity contribution in [3.05, 3.63) is 47.9 Å². The largest absolute Gasteiger partial charge is 0.360 e. The van der Waals surface area contributed by atoms with Crippen LogP contribution >= 0.6 is 0 Å². The van der Waals surface area contributed by atoms with E-state index in [0.717, 1.165) is 31.5 Å². The molecule has 0 fully saturated rings. The van der Waals surface area contributed by atoms with Crippen molar-refractivity contribution < 1.29 is 13.6 Å². The zero-order chi connectivity index (χ0) is 16.8. The number of nitrogens with zero attached hydrogens (tertiary/aromatic N) is 3. The number of unbranched alkanes of at least 4 members (excludes halogenated alkanes) is 1. The van der Waals surface area contributed by atoms with Crippen molar-refractivity contribution in [2.75, 3.05) is 23.8 Å². The minimum absolute atomic E-state index is 0.156. The second kappa shape index (κ2) is 7.62. The van der Waals surface area contributed by atoms with E-state index in [4.69, 9.17) is 0 Å². The third-order valence-electron chi connectivity index (χ3n) is 3.30. The maximum absolute atomic E-state index is 13.2. The lowest BCUT2D eigenvalue weighted by atomic mass is 10.2. The summed E-state index contributed by atoms with van der Waals surface area (Å²) in [7, 11) is 1.88. The molecule has 1 aromatic carbocycles. The molecule has 0 bridgehead atoms. The summed E-state index contributed by atoms with van der Waals surface area (Å²) in [5, 5.41) is 2.48. The van der Waals surface area contributed by atoms with Crippen molar-refractivity contribution in [2.24, 2.45) is 0 Å². The van der Waals surface area contributed by atoms with Crippen molar-refractivity contribution in [3.8, 4) is 0 Å². The quantitative estimate of drug-likeness (QED) is 0.888. The average Bonchev–Trinajstić information content (AvgIpc) is 2.56. The number of rotatable bonds is 6. The molecule has 0 unspecified atom stereocenters. The second-order valence-corrected chi connectivity index (χ2v) is 5.12. The van der Waals surface area contributed by atoms with E-state index < -0.39 is 17.5 Å². The first-order chi connectivity index (χ1) is 11.0. The highest BCUT2D eigenvalue weighted by Crippen LogP contribution is 2.15. The molecular formula is C16H18F2N4O. The number of hydrogen-bond acceptors (Lipinski definition) is 4. The molecule has 2 rings (SSSR count). The van der Waals surface area contributed by atoms with E-state index in [1.54, 1.807) is 6.07 Å². The minimum atomic E-state index is -1.02. The van der Waals surface area contributed by atoms with Crippen molar-refractivity contribution in [3.63, 3.8) is 0 Å². The first-order valence-corrected chi connectivity index (χ1v) is 7.31. The van der Waals surface area contributed by atoms with Gasteiger partial charge in [-0.15, -0.1) is 0 Å². The van der Waals surface area contributed by atoms with Crippen LogP contribution in [-0.4, -0.2) is 29.5 Å². The van der Waals surface area contributed by atoms with Crippen molar-refractivity contribution in [1.82, 2.24) is 9.97 Å². The molecule has 23 heavy (non-hydrogen) atoms. The highest BCUT2D eigenvalue weighted by molar-refractivity contribution is 6.03. The fraction of sp³-hybridized carbons (Fsp3) is 0.312. The van der Waals surface area contributed by atoms with E-state index in [1.807, 2.05) is 11.9 Å². The second-order valence-electron chi connectivity index (χ2n) is 5.12. The van der Waals surface area contributed by atoms with Gasteiger partial charge in [0.1, 0.15) is 17.8 Å². The van der Waals surface area contributed by atoms with Gasteiger partial charge in [-0.3, -0.25) is 4.79 Å². The van der Waals surface area contributed by atoms with Crippen LogP contribution in [0.25, 0.3) is 0 Å². The first kappa shape index (κ1) is 16.8. The van der Waals surface area contributed by atoms with E-state index in [9.17, 15) is 13.6 Å². The van der Waals surface area contributed by atoms with Gasteiger partial charge in [0.15, 0.2) is 11.6 Å². The molecule has 122 valence electrons. The maximum Gasteiger partial charge on any atom is 0.274 e. The number of benzene rings is 1. The predicted octanol–water partition coefficient (Wildman–Crippen LogP) is 3.24. The molecule has 0 aliphatic heterocycles. The van der Waals surface area contributed by atoms with Crippen LogP contribution in [0.5, 0.6) is 0 Å². The van der Waals surface area contributed by atoms with Crippen LogP contribution < -0.4 is 10.2 Å². The molecule has 1 aromatic heterocycles. The fourth-order valence-corrected chi connectivity index (χ4v) is 1.96. The lowest BCUT2D eigenvalue weighted by Gasteiger charge is -2.17. The fourth-order valence-electron chi connectivity index (χ4n) is 1.96. The summed E-state index contributed by atoms with van der Waals surface area (Å²) < 4.78 is 26.1.